The van der Waals surface area contributed by atoms with Crippen LogP contribution in [0.1, 0.15) is 16.2 Å². The van der Waals surface area contributed by atoms with Gasteiger partial charge in [-0.05, 0) is 15.9 Å². The van der Waals surface area contributed by atoms with Crippen molar-refractivity contribution in [3.8, 4) is 0 Å². The van der Waals surface area contributed by atoms with Crippen LogP contribution in [0, 0.1) is 0 Å². The van der Waals surface area contributed by atoms with E-state index < -0.39 is 0 Å². The van der Waals surface area contributed by atoms with Crippen LogP contribution in [0.15, 0.2) is 21.6 Å². The van der Waals surface area contributed by atoms with Crippen LogP contribution < -0.4 is 5.32 Å². The van der Waals surface area contributed by atoms with Gasteiger partial charge in [0.15, 0.2) is 0 Å². The lowest BCUT2D eigenvalue weighted by Gasteiger charge is -2.02. The Hall–Kier alpha value is -1.21. The third-order valence-corrected chi connectivity index (χ3v) is 3.21. The first kappa shape index (κ1) is 11.3. The van der Waals surface area contributed by atoms with Crippen LogP contribution in [0.2, 0.25) is 0 Å². The Bertz CT molecular complexity index is 468. The van der Waals surface area contributed by atoms with Crippen LogP contribution in [0.25, 0.3) is 0 Å². The van der Waals surface area contributed by atoms with E-state index in [0.717, 1.165) is 12.1 Å². The lowest BCUT2D eigenvalue weighted by Crippen LogP contribution is -2.26. The Morgan fingerprint density at radius 2 is 2.50 bits per heavy atom. The molecule has 0 unspecified atom stereocenters. The van der Waals surface area contributed by atoms with Gasteiger partial charge in [0.05, 0.1) is 21.9 Å². The summed E-state index contributed by atoms with van der Waals surface area (Å²) in [7, 11) is 0. The van der Waals surface area contributed by atoms with Gasteiger partial charge < -0.3 is 5.32 Å². The van der Waals surface area contributed by atoms with Gasteiger partial charge in [-0.2, -0.15) is 5.10 Å². The number of thiazole rings is 1. The average Bonchev–Trinajstić information content (AvgIpc) is 2.88. The molecule has 0 bridgehead atoms. The number of nitrogens with one attached hydrogen (secondary N) is 2. The van der Waals surface area contributed by atoms with E-state index in [2.05, 4.69) is 36.4 Å². The highest BCUT2D eigenvalue weighted by molar-refractivity contribution is 9.10. The summed E-state index contributed by atoms with van der Waals surface area (Å²) in [6.07, 6.45) is 2.29. The minimum absolute atomic E-state index is 0.167. The highest BCUT2D eigenvalue weighted by Gasteiger charge is 2.10. The zero-order valence-electron chi connectivity index (χ0n) is 8.24. The molecule has 0 saturated carbocycles. The number of aromatic nitrogens is 3. The maximum atomic E-state index is 11.6. The molecule has 0 fully saturated rings. The molecule has 0 aliphatic carbocycles. The normalized spacial score (nSPS) is 10.3. The van der Waals surface area contributed by atoms with Crippen molar-refractivity contribution >= 4 is 33.2 Å². The molecule has 2 aromatic heterocycles. The molecule has 0 aromatic carbocycles. The van der Waals surface area contributed by atoms with Gasteiger partial charge in [0, 0.05) is 18.3 Å². The first-order chi connectivity index (χ1) is 7.77. The Kier molecular flexibility index (Phi) is 3.68. The molecule has 0 aliphatic heterocycles. The third kappa shape index (κ3) is 2.67. The van der Waals surface area contributed by atoms with Crippen molar-refractivity contribution < 1.29 is 4.79 Å². The molecule has 0 radical (unpaired) electrons. The number of hydrogen-bond acceptors (Lipinski definition) is 4. The fourth-order valence-corrected chi connectivity index (χ4v) is 2.15. The molecule has 2 N–H and O–H groups in total. The summed E-state index contributed by atoms with van der Waals surface area (Å²) in [6, 6.07) is 0. The molecule has 0 atom stereocenters. The second-order valence-electron chi connectivity index (χ2n) is 3.08. The number of aromatic amines is 1. The molecular weight excluding hydrogens is 292 g/mol. The highest BCUT2D eigenvalue weighted by Crippen LogP contribution is 2.12. The summed E-state index contributed by atoms with van der Waals surface area (Å²) in [4.78, 5) is 15.8. The van der Waals surface area contributed by atoms with E-state index in [1.165, 1.54) is 0 Å². The Balaban J connectivity index is 1.83. The molecule has 2 heterocycles. The van der Waals surface area contributed by atoms with Crippen LogP contribution >= 0.6 is 27.3 Å². The number of carbonyl (C=O) groups is 1. The van der Waals surface area contributed by atoms with E-state index in [0.29, 0.717) is 16.7 Å². The average molecular weight is 301 g/mol. The first-order valence-corrected chi connectivity index (χ1v) is 6.35. The minimum atomic E-state index is -0.167. The zero-order chi connectivity index (χ0) is 11.4. The Morgan fingerprint density at radius 1 is 1.62 bits per heavy atom. The summed E-state index contributed by atoms with van der Waals surface area (Å²) in [5, 5.41) is 11.1. The largest absolute Gasteiger partial charge is 0.350 e. The van der Waals surface area contributed by atoms with Gasteiger partial charge in [0.25, 0.3) is 5.91 Å². The fraction of sp³-hybridized carbons (Fsp3) is 0.222. The number of H-pyrrole nitrogens is 1. The number of nitrogens with zero attached hydrogens (tertiary/aromatic N) is 2. The number of halogens is 1. The fourth-order valence-electron chi connectivity index (χ4n) is 1.18. The molecule has 16 heavy (non-hydrogen) atoms. The van der Waals surface area contributed by atoms with E-state index in [-0.39, 0.29) is 5.91 Å². The van der Waals surface area contributed by atoms with E-state index in [1.54, 1.807) is 23.0 Å². The maximum absolute atomic E-state index is 11.6. The molecule has 84 valence electrons. The molecule has 2 aromatic rings. The smallest absolute Gasteiger partial charge is 0.270 e. The quantitative estimate of drug-likeness (QED) is 0.901. The Morgan fingerprint density at radius 3 is 3.12 bits per heavy atom. The second kappa shape index (κ2) is 5.22. The number of amides is 1. The summed E-state index contributed by atoms with van der Waals surface area (Å²) in [5.41, 5.74) is 3.22. The van der Waals surface area contributed by atoms with Crippen molar-refractivity contribution in [2.24, 2.45) is 0 Å². The van der Waals surface area contributed by atoms with Gasteiger partial charge in [0.2, 0.25) is 0 Å². The SMILES string of the molecule is O=C(NCCc1cscn1)c1[nH]ncc1Br. The van der Waals surface area contributed by atoms with E-state index in [9.17, 15) is 4.79 Å². The Labute approximate surface area is 104 Å². The van der Waals surface area contributed by atoms with Crippen LogP contribution in [0.5, 0.6) is 0 Å². The van der Waals surface area contributed by atoms with E-state index in [4.69, 9.17) is 0 Å². The lowest BCUT2D eigenvalue weighted by molar-refractivity contribution is 0.0948. The minimum Gasteiger partial charge on any atom is -0.350 e. The molecule has 0 saturated heterocycles. The van der Waals surface area contributed by atoms with Gasteiger partial charge in [-0.25, -0.2) is 4.98 Å². The zero-order valence-corrected chi connectivity index (χ0v) is 10.6. The first-order valence-electron chi connectivity index (χ1n) is 4.61. The number of hydrogen-bond donors (Lipinski definition) is 2. The highest BCUT2D eigenvalue weighted by atomic mass is 79.9. The van der Waals surface area contributed by atoms with Crippen LogP contribution in [-0.2, 0) is 6.42 Å². The molecule has 7 heteroatoms. The van der Waals surface area contributed by atoms with E-state index in [1.807, 2.05) is 5.38 Å². The number of carbonyl (C=O) groups excluding carboxylic acids is 1. The van der Waals surface area contributed by atoms with Crippen molar-refractivity contribution in [3.05, 3.63) is 32.9 Å². The van der Waals surface area contributed by atoms with Crippen LogP contribution in [-0.4, -0.2) is 27.6 Å². The van der Waals surface area contributed by atoms with Crippen LogP contribution in [0.4, 0.5) is 0 Å². The van der Waals surface area contributed by atoms with Crippen molar-refractivity contribution in [1.29, 1.82) is 0 Å². The van der Waals surface area contributed by atoms with Crippen molar-refractivity contribution in [2.75, 3.05) is 6.54 Å². The van der Waals surface area contributed by atoms with Gasteiger partial charge in [-0.3, -0.25) is 9.89 Å². The molecule has 1 amide bonds. The predicted octanol–water partition coefficient (Wildman–Crippen LogP) is 1.60. The predicted molar refractivity (Wildman–Crippen MR) is 64.4 cm³/mol. The summed E-state index contributed by atoms with van der Waals surface area (Å²) >= 11 is 4.78. The van der Waals surface area contributed by atoms with Crippen molar-refractivity contribution in [1.82, 2.24) is 20.5 Å². The van der Waals surface area contributed by atoms with E-state index >= 15 is 0 Å². The lowest BCUT2D eigenvalue weighted by atomic mass is 10.3. The monoisotopic (exact) mass is 300 g/mol. The molecule has 5 nitrogen and oxygen atoms in total. The molecule has 2 rings (SSSR count). The van der Waals surface area contributed by atoms with Crippen molar-refractivity contribution in [2.45, 2.75) is 6.42 Å². The second-order valence-corrected chi connectivity index (χ2v) is 4.65. The van der Waals surface area contributed by atoms with Gasteiger partial charge >= 0.3 is 0 Å². The topological polar surface area (TPSA) is 70.7 Å². The number of rotatable bonds is 4. The van der Waals surface area contributed by atoms with Gasteiger partial charge in [-0.1, -0.05) is 0 Å². The molecular formula is C9H9BrN4OS. The van der Waals surface area contributed by atoms with Crippen molar-refractivity contribution in [3.63, 3.8) is 0 Å². The van der Waals surface area contributed by atoms with Crippen LogP contribution in [0.3, 0.4) is 0 Å². The molecule has 0 aliphatic rings. The maximum Gasteiger partial charge on any atom is 0.270 e. The summed E-state index contributed by atoms with van der Waals surface area (Å²) < 4.78 is 0.665. The van der Waals surface area contributed by atoms with Gasteiger partial charge in [0.1, 0.15) is 5.69 Å². The summed E-state index contributed by atoms with van der Waals surface area (Å²) in [5.74, 6) is -0.167. The molecule has 0 spiro atoms. The third-order valence-electron chi connectivity index (χ3n) is 1.97. The van der Waals surface area contributed by atoms with Gasteiger partial charge in [-0.15, -0.1) is 11.3 Å². The summed E-state index contributed by atoms with van der Waals surface area (Å²) in [6.45, 7) is 0.564. The standard InChI is InChI=1S/C9H9BrN4OS/c10-7-3-13-14-8(7)9(15)11-2-1-6-4-16-5-12-6/h3-5H,1-2H2,(H,11,15)(H,13,14).